The second kappa shape index (κ2) is 6.25. The molecule has 0 aliphatic heterocycles. The molecule has 98 valence electrons. The standard InChI is InChI=1S/C14H20N2OS/c1-18-13-6-2-10(3-7-13)9-16-14(17)11-4-5-12(15)8-11/h2-3,6-7,11-12H,4-5,8-9,15H2,1H3,(H,16,17). The molecule has 0 heterocycles. The van der Waals surface area contributed by atoms with Gasteiger partial charge in [-0.15, -0.1) is 11.8 Å². The lowest BCUT2D eigenvalue weighted by molar-refractivity contribution is -0.125. The summed E-state index contributed by atoms with van der Waals surface area (Å²) in [6, 6.07) is 8.50. The largest absolute Gasteiger partial charge is 0.352 e. The Hall–Kier alpha value is -1.00. The van der Waals surface area contributed by atoms with Crippen molar-refractivity contribution >= 4 is 17.7 Å². The summed E-state index contributed by atoms with van der Waals surface area (Å²) in [6.45, 7) is 0.610. The topological polar surface area (TPSA) is 55.1 Å². The number of nitrogens with one attached hydrogen (secondary N) is 1. The number of benzene rings is 1. The molecule has 4 heteroatoms. The Labute approximate surface area is 113 Å². The molecule has 2 unspecified atom stereocenters. The Morgan fingerprint density at radius 2 is 2.11 bits per heavy atom. The van der Waals surface area contributed by atoms with Crippen LogP contribution in [-0.4, -0.2) is 18.2 Å². The van der Waals surface area contributed by atoms with Crippen LogP contribution >= 0.6 is 11.8 Å². The number of carbonyl (C=O) groups is 1. The molecule has 2 atom stereocenters. The number of thioether (sulfide) groups is 1. The van der Waals surface area contributed by atoms with Gasteiger partial charge in [0.1, 0.15) is 0 Å². The molecule has 2 rings (SSSR count). The third-order valence-electron chi connectivity index (χ3n) is 3.47. The molecule has 1 saturated carbocycles. The maximum absolute atomic E-state index is 11.9. The molecule has 0 aromatic heterocycles. The van der Waals surface area contributed by atoms with Crippen LogP contribution in [0.3, 0.4) is 0 Å². The highest BCUT2D eigenvalue weighted by Gasteiger charge is 2.27. The number of hydrogen-bond acceptors (Lipinski definition) is 3. The minimum absolute atomic E-state index is 0.116. The first-order chi connectivity index (χ1) is 8.69. The first kappa shape index (κ1) is 13.4. The molecular weight excluding hydrogens is 244 g/mol. The van der Waals surface area contributed by atoms with Crippen molar-refractivity contribution in [1.82, 2.24) is 5.32 Å². The van der Waals surface area contributed by atoms with Crippen molar-refractivity contribution in [2.45, 2.75) is 36.7 Å². The fraction of sp³-hybridized carbons (Fsp3) is 0.500. The quantitative estimate of drug-likeness (QED) is 0.819. The Balaban J connectivity index is 1.81. The van der Waals surface area contributed by atoms with Crippen LogP contribution in [0, 0.1) is 5.92 Å². The number of carbonyl (C=O) groups excluding carboxylic acids is 1. The van der Waals surface area contributed by atoms with E-state index in [1.807, 2.05) is 0 Å². The predicted molar refractivity (Wildman–Crippen MR) is 75.4 cm³/mol. The number of hydrogen-bond donors (Lipinski definition) is 2. The van der Waals surface area contributed by atoms with Crippen LogP contribution in [0.1, 0.15) is 24.8 Å². The summed E-state index contributed by atoms with van der Waals surface area (Å²) in [7, 11) is 0. The van der Waals surface area contributed by atoms with E-state index in [1.54, 1.807) is 11.8 Å². The second-order valence-electron chi connectivity index (χ2n) is 4.84. The maximum atomic E-state index is 11.9. The first-order valence-electron chi connectivity index (χ1n) is 6.35. The Morgan fingerprint density at radius 3 is 2.67 bits per heavy atom. The van der Waals surface area contributed by atoms with E-state index in [2.05, 4.69) is 35.8 Å². The SMILES string of the molecule is CSc1ccc(CNC(=O)C2CCC(N)C2)cc1. The molecule has 1 aromatic rings. The van der Waals surface area contributed by atoms with Gasteiger partial charge in [0.2, 0.25) is 5.91 Å². The van der Waals surface area contributed by atoms with Gasteiger partial charge in [-0.25, -0.2) is 0 Å². The maximum Gasteiger partial charge on any atom is 0.223 e. The molecule has 1 amide bonds. The van der Waals surface area contributed by atoms with Gasteiger partial charge in [-0.05, 0) is 43.2 Å². The number of amides is 1. The summed E-state index contributed by atoms with van der Waals surface area (Å²) in [6.07, 6.45) is 4.79. The Bertz CT molecular complexity index is 405. The van der Waals surface area contributed by atoms with Crippen molar-refractivity contribution in [3.63, 3.8) is 0 Å². The van der Waals surface area contributed by atoms with Gasteiger partial charge in [-0.1, -0.05) is 12.1 Å². The molecule has 18 heavy (non-hydrogen) atoms. The van der Waals surface area contributed by atoms with E-state index in [1.165, 1.54) is 4.90 Å². The molecule has 3 N–H and O–H groups in total. The zero-order valence-electron chi connectivity index (χ0n) is 10.7. The van der Waals surface area contributed by atoms with Crippen molar-refractivity contribution in [1.29, 1.82) is 0 Å². The molecule has 0 radical (unpaired) electrons. The molecule has 0 saturated heterocycles. The minimum atomic E-state index is 0.116. The first-order valence-corrected chi connectivity index (χ1v) is 7.57. The molecule has 1 aromatic carbocycles. The molecule has 1 aliphatic carbocycles. The number of nitrogens with two attached hydrogens (primary N) is 1. The zero-order valence-corrected chi connectivity index (χ0v) is 11.5. The fourth-order valence-corrected chi connectivity index (χ4v) is 2.74. The van der Waals surface area contributed by atoms with E-state index in [4.69, 9.17) is 5.73 Å². The summed E-state index contributed by atoms with van der Waals surface area (Å²) in [5.41, 5.74) is 6.96. The summed E-state index contributed by atoms with van der Waals surface area (Å²) < 4.78 is 0. The zero-order chi connectivity index (χ0) is 13.0. The van der Waals surface area contributed by atoms with Crippen LogP contribution in [0.2, 0.25) is 0 Å². The van der Waals surface area contributed by atoms with Gasteiger partial charge in [0, 0.05) is 23.4 Å². The highest BCUT2D eigenvalue weighted by Crippen LogP contribution is 2.24. The van der Waals surface area contributed by atoms with Crippen LogP contribution in [0.15, 0.2) is 29.2 Å². The summed E-state index contributed by atoms with van der Waals surface area (Å²) >= 11 is 1.72. The number of rotatable bonds is 4. The Morgan fingerprint density at radius 1 is 1.39 bits per heavy atom. The van der Waals surface area contributed by atoms with Gasteiger partial charge >= 0.3 is 0 Å². The van der Waals surface area contributed by atoms with Crippen LogP contribution in [0.4, 0.5) is 0 Å². The molecule has 3 nitrogen and oxygen atoms in total. The highest BCUT2D eigenvalue weighted by molar-refractivity contribution is 7.98. The van der Waals surface area contributed by atoms with Crippen LogP contribution < -0.4 is 11.1 Å². The van der Waals surface area contributed by atoms with Crippen molar-refractivity contribution in [2.24, 2.45) is 11.7 Å². The molecule has 0 spiro atoms. The highest BCUT2D eigenvalue weighted by atomic mass is 32.2. The lowest BCUT2D eigenvalue weighted by atomic mass is 10.1. The molecular formula is C14H20N2OS. The smallest absolute Gasteiger partial charge is 0.223 e. The van der Waals surface area contributed by atoms with E-state index in [-0.39, 0.29) is 17.9 Å². The molecule has 1 fully saturated rings. The third kappa shape index (κ3) is 3.50. The third-order valence-corrected chi connectivity index (χ3v) is 4.21. The lowest BCUT2D eigenvalue weighted by Gasteiger charge is -2.11. The van der Waals surface area contributed by atoms with Crippen molar-refractivity contribution in [2.75, 3.05) is 6.26 Å². The Kier molecular flexibility index (Phi) is 4.66. The van der Waals surface area contributed by atoms with E-state index in [0.29, 0.717) is 6.54 Å². The molecule has 1 aliphatic rings. The van der Waals surface area contributed by atoms with Crippen molar-refractivity contribution in [3.8, 4) is 0 Å². The van der Waals surface area contributed by atoms with Crippen molar-refractivity contribution < 1.29 is 4.79 Å². The van der Waals surface area contributed by atoms with Crippen LogP contribution in [0.25, 0.3) is 0 Å². The van der Waals surface area contributed by atoms with Crippen molar-refractivity contribution in [3.05, 3.63) is 29.8 Å². The summed E-state index contributed by atoms with van der Waals surface area (Å²) in [5, 5.41) is 3.00. The average molecular weight is 264 g/mol. The van der Waals surface area contributed by atoms with Crippen LogP contribution in [0.5, 0.6) is 0 Å². The fourth-order valence-electron chi connectivity index (χ4n) is 2.33. The van der Waals surface area contributed by atoms with E-state index < -0.39 is 0 Å². The second-order valence-corrected chi connectivity index (χ2v) is 5.72. The van der Waals surface area contributed by atoms with Gasteiger partial charge in [-0.2, -0.15) is 0 Å². The summed E-state index contributed by atoms with van der Waals surface area (Å²) in [5.74, 6) is 0.266. The van der Waals surface area contributed by atoms with Gasteiger partial charge in [-0.3, -0.25) is 4.79 Å². The van der Waals surface area contributed by atoms with Gasteiger partial charge in [0.25, 0.3) is 0 Å². The van der Waals surface area contributed by atoms with Gasteiger partial charge in [0.15, 0.2) is 0 Å². The van der Waals surface area contributed by atoms with Gasteiger partial charge in [0.05, 0.1) is 0 Å². The predicted octanol–water partition coefficient (Wildman–Crippen LogP) is 2.15. The summed E-state index contributed by atoms with van der Waals surface area (Å²) in [4.78, 5) is 13.2. The van der Waals surface area contributed by atoms with E-state index in [0.717, 1.165) is 24.8 Å². The normalized spacial score (nSPS) is 23.0. The van der Waals surface area contributed by atoms with E-state index in [9.17, 15) is 4.79 Å². The monoisotopic (exact) mass is 264 g/mol. The minimum Gasteiger partial charge on any atom is -0.352 e. The molecule has 0 bridgehead atoms. The average Bonchev–Trinajstić information content (AvgIpc) is 2.83. The lowest BCUT2D eigenvalue weighted by Crippen LogP contribution is -2.29. The van der Waals surface area contributed by atoms with Crippen LogP contribution in [-0.2, 0) is 11.3 Å². The van der Waals surface area contributed by atoms with E-state index >= 15 is 0 Å². The van der Waals surface area contributed by atoms with Gasteiger partial charge < -0.3 is 11.1 Å².